The first-order chi connectivity index (χ1) is 12.3. The summed E-state index contributed by atoms with van der Waals surface area (Å²) >= 11 is 0. The molecule has 0 spiro atoms. The monoisotopic (exact) mass is 346 g/mol. The van der Waals surface area contributed by atoms with E-state index < -0.39 is 0 Å². The molecule has 2 nitrogen and oxygen atoms in total. The number of carbonyl (C=O) groups excluding carboxylic acids is 1. The Balaban J connectivity index is 2.21. The molecular formula is C23H38O2. The van der Waals surface area contributed by atoms with Gasteiger partial charge in [-0.05, 0) is 30.9 Å². The van der Waals surface area contributed by atoms with Gasteiger partial charge in [0.25, 0.3) is 0 Å². The van der Waals surface area contributed by atoms with Crippen LogP contribution < -0.4 is 0 Å². The van der Waals surface area contributed by atoms with Gasteiger partial charge in [-0.1, -0.05) is 96.3 Å². The SMILES string of the molecule is CCCCCCCCCCOC(=O)c1ccccc1CCCCCC. The van der Waals surface area contributed by atoms with Gasteiger partial charge < -0.3 is 4.74 Å². The van der Waals surface area contributed by atoms with Crippen LogP contribution in [-0.4, -0.2) is 12.6 Å². The first-order valence-corrected chi connectivity index (χ1v) is 10.5. The van der Waals surface area contributed by atoms with Crippen LogP contribution in [0.4, 0.5) is 0 Å². The number of unbranched alkanes of at least 4 members (excludes halogenated alkanes) is 10. The van der Waals surface area contributed by atoms with Crippen LogP contribution in [0.25, 0.3) is 0 Å². The summed E-state index contributed by atoms with van der Waals surface area (Å²) < 4.78 is 5.50. The summed E-state index contributed by atoms with van der Waals surface area (Å²) in [6, 6.07) is 7.93. The fourth-order valence-corrected chi connectivity index (χ4v) is 3.16. The van der Waals surface area contributed by atoms with Crippen molar-refractivity contribution in [2.75, 3.05) is 6.61 Å². The van der Waals surface area contributed by atoms with Gasteiger partial charge in [0.05, 0.1) is 12.2 Å². The third kappa shape index (κ3) is 10.3. The van der Waals surface area contributed by atoms with Crippen molar-refractivity contribution in [1.82, 2.24) is 0 Å². The van der Waals surface area contributed by atoms with E-state index in [-0.39, 0.29) is 5.97 Å². The Hall–Kier alpha value is -1.31. The van der Waals surface area contributed by atoms with Crippen molar-refractivity contribution in [2.24, 2.45) is 0 Å². The molecule has 0 saturated carbocycles. The highest BCUT2D eigenvalue weighted by Crippen LogP contribution is 2.15. The zero-order chi connectivity index (χ0) is 18.2. The van der Waals surface area contributed by atoms with Gasteiger partial charge in [-0.15, -0.1) is 0 Å². The van der Waals surface area contributed by atoms with Crippen LogP contribution in [0.15, 0.2) is 24.3 Å². The van der Waals surface area contributed by atoms with Crippen LogP contribution in [0, 0.1) is 0 Å². The van der Waals surface area contributed by atoms with E-state index in [0.717, 1.165) is 36.8 Å². The Labute approximate surface area is 155 Å². The summed E-state index contributed by atoms with van der Waals surface area (Å²) in [5, 5.41) is 0. The number of rotatable bonds is 15. The smallest absolute Gasteiger partial charge is 0.338 e. The Kier molecular flexibility index (Phi) is 13.0. The van der Waals surface area contributed by atoms with Crippen LogP contribution in [0.1, 0.15) is 107 Å². The van der Waals surface area contributed by atoms with Gasteiger partial charge in [-0.25, -0.2) is 4.79 Å². The largest absolute Gasteiger partial charge is 0.462 e. The molecule has 0 bridgehead atoms. The van der Waals surface area contributed by atoms with Crippen molar-refractivity contribution in [3.05, 3.63) is 35.4 Å². The third-order valence-corrected chi connectivity index (χ3v) is 4.77. The molecule has 0 atom stereocenters. The summed E-state index contributed by atoms with van der Waals surface area (Å²) in [5.41, 5.74) is 1.90. The summed E-state index contributed by atoms with van der Waals surface area (Å²) in [4.78, 5) is 12.3. The minimum atomic E-state index is -0.144. The molecule has 1 rings (SSSR count). The molecule has 0 fully saturated rings. The van der Waals surface area contributed by atoms with Gasteiger partial charge in [0.2, 0.25) is 0 Å². The number of esters is 1. The van der Waals surface area contributed by atoms with Crippen molar-refractivity contribution >= 4 is 5.97 Å². The lowest BCUT2D eigenvalue weighted by Crippen LogP contribution is -2.09. The van der Waals surface area contributed by atoms with E-state index in [4.69, 9.17) is 4.74 Å². The van der Waals surface area contributed by atoms with E-state index in [1.54, 1.807) is 0 Å². The second kappa shape index (κ2) is 15.0. The van der Waals surface area contributed by atoms with E-state index in [0.29, 0.717) is 6.61 Å². The molecule has 0 saturated heterocycles. The molecule has 0 aliphatic heterocycles. The maximum absolute atomic E-state index is 12.3. The maximum atomic E-state index is 12.3. The zero-order valence-corrected chi connectivity index (χ0v) is 16.5. The zero-order valence-electron chi connectivity index (χ0n) is 16.5. The second-order valence-electron chi connectivity index (χ2n) is 7.08. The van der Waals surface area contributed by atoms with E-state index >= 15 is 0 Å². The highest BCUT2D eigenvalue weighted by molar-refractivity contribution is 5.91. The molecule has 0 unspecified atom stereocenters. The number of ether oxygens (including phenoxy) is 1. The summed E-state index contributed by atoms with van der Waals surface area (Å²) in [7, 11) is 0. The van der Waals surface area contributed by atoms with Gasteiger partial charge in [0.15, 0.2) is 0 Å². The van der Waals surface area contributed by atoms with Crippen molar-refractivity contribution in [2.45, 2.75) is 97.3 Å². The topological polar surface area (TPSA) is 26.3 Å². The molecule has 0 N–H and O–H groups in total. The summed E-state index contributed by atoms with van der Waals surface area (Å²) in [6.45, 7) is 5.02. The Morgan fingerprint density at radius 1 is 0.760 bits per heavy atom. The van der Waals surface area contributed by atoms with Crippen molar-refractivity contribution in [3.8, 4) is 0 Å². The maximum Gasteiger partial charge on any atom is 0.338 e. The van der Waals surface area contributed by atoms with E-state index in [9.17, 15) is 4.79 Å². The number of benzene rings is 1. The molecule has 0 aliphatic carbocycles. The molecule has 142 valence electrons. The van der Waals surface area contributed by atoms with Crippen LogP contribution in [0.2, 0.25) is 0 Å². The number of carbonyl (C=O) groups is 1. The van der Waals surface area contributed by atoms with Crippen LogP contribution in [0.5, 0.6) is 0 Å². The fraction of sp³-hybridized carbons (Fsp3) is 0.696. The standard InChI is InChI=1S/C23H38O2/c1-3-5-7-9-10-11-12-16-20-25-23(24)22-19-15-14-18-21(22)17-13-8-6-4-2/h14-15,18-19H,3-13,16-17,20H2,1-2H3. The number of hydrogen-bond acceptors (Lipinski definition) is 2. The van der Waals surface area contributed by atoms with Crippen LogP contribution >= 0.6 is 0 Å². The van der Waals surface area contributed by atoms with Crippen LogP contribution in [-0.2, 0) is 11.2 Å². The van der Waals surface area contributed by atoms with E-state index in [1.807, 2.05) is 18.2 Å². The molecule has 1 aromatic rings. The Bertz CT molecular complexity index is 453. The molecule has 0 aromatic heterocycles. The third-order valence-electron chi connectivity index (χ3n) is 4.77. The number of aryl methyl sites for hydroxylation is 1. The first kappa shape index (κ1) is 21.7. The van der Waals surface area contributed by atoms with E-state index in [1.165, 1.54) is 57.8 Å². The Morgan fingerprint density at radius 2 is 1.32 bits per heavy atom. The molecule has 1 aromatic carbocycles. The van der Waals surface area contributed by atoms with Crippen LogP contribution in [0.3, 0.4) is 0 Å². The predicted molar refractivity (Wildman–Crippen MR) is 107 cm³/mol. The second-order valence-corrected chi connectivity index (χ2v) is 7.08. The molecule has 0 radical (unpaired) electrons. The van der Waals surface area contributed by atoms with E-state index in [2.05, 4.69) is 19.9 Å². The summed E-state index contributed by atoms with van der Waals surface area (Å²) in [6.07, 6.45) is 16.0. The lowest BCUT2D eigenvalue weighted by Gasteiger charge is -2.10. The molecular weight excluding hydrogens is 308 g/mol. The molecule has 0 amide bonds. The van der Waals surface area contributed by atoms with Crippen molar-refractivity contribution in [3.63, 3.8) is 0 Å². The lowest BCUT2D eigenvalue weighted by molar-refractivity contribution is 0.0496. The Morgan fingerprint density at radius 3 is 2.00 bits per heavy atom. The minimum absolute atomic E-state index is 0.144. The van der Waals surface area contributed by atoms with Gasteiger partial charge in [-0.3, -0.25) is 0 Å². The van der Waals surface area contributed by atoms with Gasteiger partial charge >= 0.3 is 5.97 Å². The van der Waals surface area contributed by atoms with Gasteiger partial charge in [0.1, 0.15) is 0 Å². The van der Waals surface area contributed by atoms with Crippen molar-refractivity contribution < 1.29 is 9.53 Å². The van der Waals surface area contributed by atoms with Gasteiger partial charge in [0, 0.05) is 0 Å². The highest BCUT2D eigenvalue weighted by Gasteiger charge is 2.11. The van der Waals surface area contributed by atoms with Crippen molar-refractivity contribution in [1.29, 1.82) is 0 Å². The van der Waals surface area contributed by atoms with Gasteiger partial charge in [-0.2, -0.15) is 0 Å². The minimum Gasteiger partial charge on any atom is -0.462 e. The normalized spacial score (nSPS) is 10.8. The fourth-order valence-electron chi connectivity index (χ4n) is 3.16. The lowest BCUT2D eigenvalue weighted by atomic mass is 10.0. The molecule has 0 aliphatic rings. The molecule has 0 heterocycles. The average Bonchev–Trinajstić information content (AvgIpc) is 2.64. The summed E-state index contributed by atoms with van der Waals surface area (Å²) in [5.74, 6) is -0.144. The quantitative estimate of drug-likeness (QED) is 0.250. The predicted octanol–water partition coefficient (Wildman–Crippen LogP) is 7.11. The molecule has 2 heteroatoms. The molecule has 25 heavy (non-hydrogen) atoms. The highest BCUT2D eigenvalue weighted by atomic mass is 16.5. The number of hydrogen-bond donors (Lipinski definition) is 0. The average molecular weight is 347 g/mol. The first-order valence-electron chi connectivity index (χ1n) is 10.5.